The summed E-state index contributed by atoms with van der Waals surface area (Å²) in [4.78, 5) is 5.52. The van der Waals surface area contributed by atoms with Gasteiger partial charge in [-0.2, -0.15) is 0 Å². The molecule has 5 heteroatoms. The number of nitrogens with one attached hydrogen (secondary N) is 2. The molecule has 0 spiro atoms. The Morgan fingerprint density at radius 2 is 2.43 bits per heavy atom. The van der Waals surface area contributed by atoms with E-state index < -0.39 is 0 Å². The minimum atomic E-state index is 0.181. The molecule has 0 saturated heterocycles. The first-order valence-corrected chi connectivity index (χ1v) is 5.82. The number of thiocarbonyl (C=S) groups is 1. The Balaban J connectivity index is 2.50. The number of hydrogen-bond acceptors (Lipinski definition) is 3. The van der Waals surface area contributed by atoms with Crippen LogP contribution in [0.4, 0.5) is 0 Å². The van der Waals surface area contributed by atoms with Gasteiger partial charge in [0.15, 0.2) is 5.11 Å². The molecular formula is C9H15N3S2. The predicted octanol–water partition coefficient (Wildman–Crippen LogP) is 2.00. The van der Waals surface area contributed by atoms with E-state index in [9.17, 15) is 0 Å². The molecule has 1 unspecified atom stereocenters. The molecule has 0 fully saturated rings. The Hall–Kier alpha value is -0.680. The lowest BCUT2D eigenvalue weighted by Crippen LogP contribution is -2.36. The first-order chi connectivity index (χ1) is 6.63. The molecule has 0 amide bonds. The molecule has 0 aliphatic rings. The molecule has 78 valence electrons. The van der Waals surface area contributed by atoms with Crippen LogP contribution >= 0.6 is 23.6 Å². The van der Waals surface area contributed by atoms with Gasteiger partial charge in [0.1, 0.15) is 5.01 Å². The van der Waals surface area contributed by atoms with Gasteiger partial charge in [0.2, 0.25) is 0 Å². The Kier molecular flexibility index (Phi) is 4.28. The lowest BCUT2D eigenvalue weighted by atomic mass is 10.4. The molecule has 3 nitrogen and oxygen atoms in total. The smallest absolute Gasteiger partial charge is 0.166 e. The molecule has 14 heavy (non-hydrogen) atoms. The van der Waals surface area contributed by atoms with Crippen molar-refractivity contribution in [3.8, 4) is 0 Å². The SMILES string of the molecule is CCNC(=S)NC(C)c1ncc(C)s1. The van der Waals surface area contributed by atoms with Gasteiger partial charge in [-0.1, -0.05) is 0 Å². The molecule has 1 heterocycles. The first kappa shape index (κ1) is 11.4. The average molecular weight is 229 g/mol. The molecule has 1 aromatic rings. The highest BCUT2D eigenvalue weighted by Gasteiger charge is 2.09. The molecule has 1 aromatic heterocycles. The van der Waals surface area contributed by atoms with E-state index >= 15 is 0 Å². The van der Waals surface area contributed by atoms with E-state index in [4.69, 9.17) is 12.2 Å². The second kappa shape index (κ2) is 5.26. The van der Waals surface area contributed by atoms with Crippen molar-refractivity contribution in [2.24, 2.45) is 0 Å². The molecular weight excluding hydrogens is 214 g/mol. The summed E-state index contributed by atoms with van der Waals surface area (Å²) < 4.78 is 0. The van der Waals surface area contributed by atoms with Crippen LogP contribution in [0.1, 0.15) is 29.8 Å². The van der Waals surface area contributed by atoms with E-state index in [1.165, 1.54) is 4.88 Å². The maximum atomic E-state index is 5.09. The van der Waals surface area contributed by atoms with Crippen LogP contribution < -0.4 is 10.6 Å². The van der Waals surface area contributed by atoms with Gasteiger partial charge in [-0.15, -0.1) is 11.3 Å². The van der Waals surface area contributed by atoms with Crippen molar-refractivity contribution in [3.05, 3.63) is 16.1 Å². The zero-order valence-electron chi connectivity index (χ0n) is 8.63. The van der Waals surface area contributed by atoms with Gasteiger partial charge in [0.25, 0.3) is 0 Å². The standard InChI is InChI=1S/C9H15N3S2/c1-4-10-9(13)12-7(3)8-11-5-6(2)14-8/h5,7H,4H2,1-3H3,(H2,10,12,13). The molecule has 0 saturated carbocycles. The number of thiazole rings is 1. The quantitative estimate of drug-likeness (QED) is 0.777. The van der Waals surface area contributed by atoms with Crippen LogP contribution in [0.25, 0.3) is 0 Å². The third-order valence-electron chi connectivity index (χ3n) is 1.69. The average Bonchev–Trinajstić information content (AvgIpc) is 2.52. The first-order valence-electron chi connectivity index (χ1n) is 4.60. The summed E-state index contributed by atoms with van der Waals surface area (Å²) in [6, 6.07) is 0.181. The summed E-state index contributed by atoms with van der Waals surface area (Å²) in [5.74, 6) is 0. The molecule has 0 aromatic carbocycles. The van der Waals surface area contributed by atoms with Gasteiger partial charge < -0.3 is 10.6 Å². The Labute approximate surface area is 93.9 Å². The third kappa shape index (κ3) is 3.23. The van der Waals surface area contributed by atoms with Gasteiger partial charge in [-0.25, -0.2) is 4.98 Å². The van der Waals surface area contributed by atoms with Gasteiger partial charge in [0, 0.05) is 17.6 Å². The summed E-state index contributed by atoms with van der Waals surface area (Å²) in [7, 11) is 0. The fourth-order valence-electron chi connectivity index (χ4n) is 1.04. The van der Waals surface area contributed by atoms with E-state index in [2.05, 4.69) is 29.5 Å². The Morgan fingerprint density at radius 3 is 2.93 bits per heavy atom. The highest BCUT2D eigenvalue weighted by Crippen LogP contribution is 2.18. The Morgan fingerprint density at radius 1 is 1.71 bits per heavy atom. The monoisotopic (exact) mass is 229 g/mol. The lowest BCUT2D eigenvalue weighted by Gasteiger charge is -2.13. The van der Waals surface area contributed by atoms with Crippen LogP contribution in [0.2, 0.25) is 0 Å². The number of rotatable bonds is 3. The van der Waals surface area contributed by atoms with E-state index in [0.29, 0.717) is 5.11 Å². The van der Waals surface area contributed by atoms with Crippen molar-refractivity contribution >= 4 is 28.7 Å². The van der Waals surface area contributed by atoms with Gasteiger partial charge >= 0.3 is 0 Å². The van der Waals surface area contributed by atoms with Crippen LogP contribution in [-0.4, -0.2) is 16.6 Å². The second-order valence-corrected chi connectivity index (χ2v) is 4.71. The van der Waals surface area contributed by atoms with E-state index in [0.717, 1.165) is 11.6 Å². The number of aromatic nitrogens is 1. The van der Waals surface area contributed by atoms with E-state index in [1.54, 1.807) is 11.3 Å². The topological polar surface area (TPSA) is 37.0 Å². The normalized spacial score (nSPS) is 12.2. The van der Waals surface area contributed by atoms with Gasteiger partial charge in [-0.05, 0) is 33.0 Å². The van der Waals surface area contributed by atoms with Gasteiger partial charge in [0.05, 0.1) is 6.04 Å². The summed E-state index contributed by atoms with van der Waals surface area (Å²) in [6.07, 6.45) is 1.88. The van der Waals surface area contributed by atoms with E-state index in [-0.39, 0.29) is 6.04 Å². The van der Waals surface area contributed by atoms with Crippen LogP contribution in [0.15, 0.2) is 6.20 Å². The summed E-state index contributed by atoms with van der Waals surface area (Å²) >= 11 is 6.79. The third-order valence-corrected chi connectivity index (χ3v) is 3.05. The summed E-state index contributed by atoms with van der Waals surface area (Å²) in [6.45, 7) is 6.97. The van der Waals surface area contributed by atoms with Crippen LogP contribution in [0.5, 0.6) is 0 Å². The highest BCUT2D eigenvalue weighted by molar-refractivity contribution is 7.80. The van der Waals surface area contributed by atoms with Crippen molar-refractivity contribution in [3.63, 3.8) is 0 Å². The van der Waals surface area contributed by atoms with Gasteiger partial charge in [-0.3, -0.25) is 0 Å². The summed E-state index contributed by atoms with van der Waals surface area (Å²) in [5.41, 5.74) is 0. The van der Waals surface area contributed by atoms with E-state index in [1.807, 2.05) is 13.1 Å². The lowest BCUT2D eigenvalue weighted by molar-refractivity contribution is 0.696. The van der Waals surface area contributed by atoms with Crippen molar-refractivity contribution in [2.45, 2.75) is 26.8 Å². The number of aryl methyl sites for hydroxylation is 1. The van der Waals surface area contributed by atoms with Crippen LogP contribution in [0.3, 0.4) is 0 Å². The largest absolute Gasteiger partial charge is 0.363 e. The second-order valence-electron chi connectivity index (χ2n) is 3.03. The van der Waals surface area contributed by atoms with Crippen molar-refractivity contribution in [1.82, 2.24) is 15.6 Å². The number of nitrogens with zero attached hydrogens (tertiary/aromatic N) is 1. The number of hydrogen-bond donors (Lipinski definition) is 2. The zero-order chi connectivity index (χ0) is 10.6. The Bertz CT molecular complexity index is 309. The van der Waals surface area contributed by atoms with Crippen molar-refractivity contribution in [2.75, 3.05) is 6.54 Å². The maximum Gasteiger partial charge on any atom is 0.166 e. The van der Waals surface area contributed by atoms with Crippen molar-refractivity contribution in [1.29, 1.82) is 0 Å². The van der Waals surface area contributed by atoms with Crippen LogP contribution in [0, 0.1) is 6.92 Å². The fourth-order valence-corrected chi connectivity index (χ4v) is 2.14. The molecule has 2 N–H and O–H groups in total. The summed E-state index contributed by atoms with van der Waals surface area (Å²) in [5, 5.41) is 7.99. The molecule has 0 radical (unpaired) electrons. The van der Waals surface area contributed by atoms with Crippen molar-refractivity contribution < 1.29 is 0 Å². The molecule has 0 aliphatic carbocycles. The van der Waals surface area contributed by atoms with Crippen LogP contribution in [-0.2, 0) is 0 Å². The maximum absolute atomic E-state index is 5.09. The zero-order valence-corrected chi connectivity index (χ0v) is 10.3. The molecule has 1 atom stereocenters. The molecule has 1 rings (SSSR count). The minimum absolute atomic E-state index is 0.181. The predicted molar refractivity (Wildman–Crippen MR) is 64.7 cm³/mol. The molecule has 0 aliphatic heterocycles. The minimum Gasteiger partial charge on any atom is -0.363 e. The molecule has 0 bridgehead atoms. The highest BCUT2D eigenvalue weighted by atomic mass is 32.1. The fraction of sp³-hybridized carbons (Fsp3) is 0.556.